The predicted octanol–water partition coefficient (Wildman–Crippen LogP) is 2.49. The molecule has 2 N–H and O–H groups in total. The van der Waals surface area contributed by atoms with Crippen molar-refractivity contribution in [3.05, 3.63) is 65.7 Å². The topological polar surface area (TPSA) is 66.0 Å². The lowest BCUT2D eigenvalue weighted by molar-refractivity contribution is 0.0394. The quantitative estimate of drug-likeness (QED) is 0.610. The Balaban J connectivity index is 1.68. The Morgan fingerprint density at radius 1 is 1.07 bits per heavy atom. The minimum atomic E-state index is -0.495. The third-order valence-electron chi connectivity index (χ3n) is 4.22. The zero-order valence-electron chi connectivity index (χ0n) is 15.3. The molecule has 0 unspecified atom stereocenters. The fourth-order valence-corrected chi connectivity index (χ4v) is 2.72. The number of hydrogen-bond donors (Lipinski definition) is 2. The normalized spacial score (nSPS) is 15.3. The van der Waals surface area contributed by atoms with E-state index in [1.165, 1.54) is 30.3 Å². The van der Waals surface area contributed by atoms with Gasteiger partial charge in [0.1, 0.15) is 11.6 Å². The molecule has 0 bridgehead atoms. The van der Waals surface area contributed by atoms with Gasteiger partial charge in [-0.2, -0.15) is 0 Å². The van der Waals surface area contributed by atoms with Crippen LogP contribution in [-0.4, -0.2) is 56.2 Å². The van der Waals surface area contributed by atoms with Gasteiger partial charge in [0.2, 0.25) is 5.96 Å². The summed E-state index contributed by atoms with van der Waals surface area (Å²) < 4.78 is 31.8. The van der Waals surface area contributed by atoms with E-state index in [4.69, 9.17) is 4.74 Å². The van der Waals surface area contributed by atoms with Crippen LogP contribution in [0.2, 0.25) is 0 Å². The van der Waals surface area contributed by atoms with E-state index in [9.17, 15) is 13.6 Å². The highest BCUT2D eigenvalue weighted by atomic mass is 19.1. The van der Waals surface area contributed by atoms with E-state index in [1.807, 2.05) is 0 Å². The lowest BCUT2D eigenvalue weighted by Gasteiger charge is -2.25. The van der Waals surface area contributed by atoms with Crippen molar-refractivity contribution >= 4 is 17.6 Å². The highest BCUT2D eigenvalue weighted by Gasteiger charge is 2.12. The molecule has 8 heteroatoms. The van der Waals surface area contributed by atoms with Crippen molar-refractivity contribution in [1.82, 2.24) is 10.2 Å². The summed E-state index contributed by atoms with van der Waals surface area (Å²) in [5.74, 6) is -1.13. The first-order valence-electron chi connectivity index (χ1n) is 9.04. The molecule has 1 heterocycles. The first-order valence-corrected chi connectivity index (χ1v) is 9.04. The molecule has 3 rings (SSSR count). The molecule has 2 aromatic carbocycles. The molecule has 0 atom stereocenters. The summed E-state index contributed by atoms with van der Waals surface area (Å²) in [7, 11) is 0. The second kappa shape index (κ2) is 9.91. The number of hydrogen-bond acceptors (Lipinski definition) is 4. The van der Waals surface area contributed by atoms with Crippen molar-refractivity contribution in [3.8, 4) is 0 Å². The molecule has 0 radical (unpaired) electrons. The number of amides is 1. The molecule has 0 spiro atoms. The van der Waals surface area contributed by atoms with Gasteiger partial charge < -0.3 is 10.1 Å². The maximum absolute atomic E-state index is 13.4. The smallest absolute Gasteiger partial charge is 0.258 e. The molecule has 28 heavy (non-hydrogen) atoms. The van der Waals surface area contributed by atoms with Crippen LogP contribution in [0.25, 0.3) is 0 Å². The zero-order chi connectivity index (χ0) is 19.8. The number of nitrogens with one attached hydrogen (secondary N) is 2. The Morgan fingerprint density at radius 3 is 2.54 bits per heavy atom. The first kappa shape index (κ1) is 19.9. The summed E-state index contributed by atoms with van der Waals surface area (Å²) in [6, 6.07) is 11.1. The molecule has 1 aliphatic heterocycles. The van der Waals surface area contributed by atoms with Gasteiger partial charge in [0.15, 0.2) is 0 Å². The summed E-state index contributed by atoms with van der Waals surface area (Å²) in [5, 5.41) is 5.63. The molecular formula is C20H22F2N4O2. The van der Waals surface area contributed by atoms with Crippen LogP contribution in [0.5, 0.6) is 0 Å². The monoisotopic (exact) mass is 388 g/mol. The van der Waals surface area contributed by atoms with E-state index in [0.29, 0.717) is 32.0 Å². The van der Waals surface area contributed by atoms with Crippen molar-refractivity contribution in [1.29, 1.82) is 0 Å². The maximum Gasteiger partial charge on any atom is 0.258 e. The summed E-state index contributed by atoms with van der Waals surface area (Å²) in [6.45, 7) is 4.24. The fraction of sp³-hybridized carbons (Fsp3) is 0.300. The van der Waals surface area contributed by atoms with Crippen molar-refractivity contribution < 1.29 is 18.3 Å². The van der Waals surface area contributed by atoms with Crippen LogP contribution in [0.1, 0.15) is 10.4 Å². The summed E-state index contributed by atoms with van der Waals surface area (Å²) >= 11 is 0. The van der Waals surface area contributed by atoms with Crippen LogP contribution in [-0.2, 0) is 4.74 Å². The lowest BCUT2D eigenvalue weighted by Crippen LogP contribution is -2.39. The van der Waals surface area contributed by atoms with Crippen molar-refractivity contribution in [2.75, 3.05) is 44.7 Å². The van der Waals surface area contributed by atoms with Gasteiger partial charge in [-0.3, -0.25) is 20.0 Å². The van der Waals surface area contributed by atoms with E-state index in [-0.39, 0.29) is 17.3 Å². The number of rotatable bonds is 5. The first-order chi connectivity index (χ1) is 13.6. The van der Waals surface area contributed by atoms with Gasteiger partial charge in [-0.1, -0.05) is 6.07 Å². The van der Waals surface area contributed by atoms with Crippen LogP contribution >= 0.6 is 0 Å². The largest absolute Gasteiger partial charge is 0.379 e. The number of anilines is 1. The van der Waals surface area contributed by atoms with Gasteiger partial charge in [0, 0.05) is 30.9 Å². The Morgan fingerprint density at radius 2 is 1.82 bits per heavy atom. The number of benzene rings is 2. The van der Waals surface area contributed by atoms with E-state index < -0.39 is 11.7 Å². The third-order valence-corrected chi connectivity index (χ3v) is 4.22. The lowest BCUT2D eigenvalue weighted by atomic mass is 10.2. The third kappa shape index (κ3) is 6.11. The fourth-order valence-electron chi connectivity index (χ4n) is 2.72. The van der Waals surface area contributed by atoms with E-state index >= 15 is 0 Å². The minimum absolute atomic E-state index is 0.182. The number of ether oxygens (including phenoxy) is 1. The molecule has 1 amide bonds. The Bertz CT molecular complexity index is 821. The highest BCUT2D eigenvalue weighted by molar-refractivity contribution is 6.09. The van der Waals surface area contributed by atoms with Gasteiger partial charge in [0.05, 0.1) is 19.8 Å². The van der Waals surface area contributed by atoms with Crippen LogP contribution in [0.4, 0.5) is 14.5 Å². The average Bonchev–Trinajstić information content (AvgIpc) is 2.70. The average molecular weight is 388 g/mol. The van der Waals surface area contributed by atoms with Gasteiger partial charge in [-0.05, 0) is 42.5 Å². The van der Waals surface area contributed by atoms with E-state index in [2.05, 4.69) is 20.5 Å². The number of guanidine groups is 1. The molecule has 6 nitrogen and oxygen atoms in total. The van der Waals surface area contributed by atoms with Gasteiger partial charge >= 0.3 is 0 Å². The second-order valence-electron chi connectivity index (χ2n) is 6.28. The number of aliphatic imine (C=N–C) groups is 1. The maximum atomic E-state index is 13.4. The minimum Gasteiger partial charge on any atom is -0.379 e. The Labute approximate surface area is 162 Å². The molecular weight excluding hydrogens is 366 g/mol. The van der Waals surface area contributed by atoms with Crippen LogP contribution in [0, 0.1) is 11.6 Å². The molecule has 1 fully saturated rings. The Hall–Kier alpha value is -2.84. The molecule has 1 aliphatic rings. The molecule has 2 aromatic rings. The van der Waals surface area contributed by atoms with Crippen LogP contribution < -0.4 is 10.6 Å². The van der Waals surface area contributed by atoms with Crippen molar-refractivity contribution in [3.63, 3.8) is 0 Å². The second-order valence-corrected chi connectivity index (χ2v) is 6.28. The summed E-state index contributed by atoms with van der Waals surface area (Å²) in [5.41, 5.74) is 0.757. The van der Waals surface area contributed by atoms with Crippen LogP contribution in [0.15, 0.2) is 53.5 Å². The summed E-state index contributed by atoms with van der Waals surface area (Å²) in [6.07, 6.45) is 0. The SMILES string of the molecule is O=C(NC(=NCCN1CCOCC1)Nc1ccc(F)cc1)c1cccc(F)c1. The molecule has 0 saturated carbocycles. The van der Waals surface area contributed by atoms with Gasteiger partial charge in [-0.25, -0.2) is 8.78 Å². The summed E-state index contributed by atoms with van der Waals surface area (Å²) in [4.78, 5) is 19.1. The standard InChI is InChI=1S/C20H22F2N4O2/c21-16-4-6-18(7-5-16)24-20(23-8-9-26-10-12-28-13-11-26)25-19(27)15-2-1-3-17(22)14-15/h1-7,14H,8-13H2,(H2,23,24,25,27). The van der Waals surface area contributed by atoms with Crippen molar-refractivity contribution in [2.24, 2.45) is 4.99 Å². The zero-order valence-corrected chi connectivity index (χ0v) is 15.3. The van der Waals surface area contributed by atoms with E-state index in [1.54, 1.807) is 12.1 Å². The van der Waals surface area contributed by atoms with Crippen molar-refractivity contribution in [2.45, 2.75) is 0 Å². The van der Waals surface area contributed by atoms with Crippen LogP contribution in [0.3, 0.4) is 0 Å². The van der Waals surface area contributed by atoms with Gasteiger partial charge in [-0.15, -0.1) is 0 Å². The predicted molar refractivity (Wildman–Crippen MR) is 103 cm³/mol. The number of morpholine rings is 1. The molecule has 0 aliphatic carbocycles. The molecule has 1 saturated heterocycles. The highest BCUT2D eigenvalue weighted by Crippen LogP contribution is 2.09. The Kier molecular flexibility index (Phi) is 7.05. The molecule has 0 aromatic heterocycles. The van der Waals surface area contributed by atoms with Gasteiger partial charge in [0.25, 0.3) is 5.91 Å². The van der Waals surface area contributed by atoms with E-state index in [0.717, 1.165) is 19.2 Å². The number of carbonyl (C=O) groups excluding carboxylic acids is 1. The number of halogens is 2. The number of carbonyl (C=O) groups is 1. The molecule has 148 valence electrons. The number of nitrogens with zero attached hydrogens (tertiary/aromatic N) is 2.